The average molecular weight is 310 g/mol. The van der Waals surface area contributed by atoms with Gasteiger partial charge in [-0.2, -0.15) is 0 Å². The summed E-state index contributed by atoms with van der Waals surface area (Å²) in [6.45, 7) is 1.96. The van der Waals surface area contributed by atoms with Crippen molar-refractivity contribution in [2.75, 3.05) is 7.11 Å². The Kier molecular flexibility index (Phi) is 3.71. The van der Waals surface area contributed by atoms with Gasteiger partial charge in [-0.15, -0.1) is 0 Å². The van der Waals surface area contributed by atoms with Crippen LogP contribution in [0.25, 0.3) is 11.8 Å². The lowest BCUT2D eigenvalue weighted by atomic mass is 9.54. The topological polar surface area (TPSA) is 29.5 Å². The number of hydrogen-bond acceptors (Lipinski definition) is 2. The van der Waals surface area contributed by atoms with Crippen molar-refractivity contribution in [2.45, 2.75) is 39.0 Å². The van der Waals surface area contributed by atoms with Gasteiger partial charge in [-0.3, -0.25) is 0 Å². The molecule has 5 rings (SSSR count). The molecule has 0 spiro atoms. The molecule has 4 saturated carbocycles. The minimum atomic E-state index is 0.333. The number of rotatable bonds is 3. The average Bonchev–Trinajstić information content (AvgIpc) is 2.52. The van der Waals surface area contributed by atoms with E-state index in [0.29, 0.717) is 17.6 Å². The van der Waals surface area contributed by atoms with Gasteiger partial charge in [-0.05, 0) is 74.3 Å². The van der Waals surface area contributed by atoms with Crippen LogP contribution in [-0.4, -0.2) is 12.2 Å². The summed E-state index contributed by atoms with van der Waals surface area (Å²) >= 11 is 0. The standard InChI is InChI=1S/C21H26O2/c1-3-4-15-5-6-16(12-19(15)22)21(23-2)20-17-8-13-7-14(10-17)11-18(20)9-13/h3-6,12-14,17-18,22H,7-11H2,1-2H3/b4-3+,21-20?. The Morgan fingerprint density at radius 2 is 1.74 bits per heavy atom. The van der Waals surface area contributed by atoms with Crippen LogP contribution in [0.5, 0.6) is 5.75 Å². The third-order valence-corrected chi connectivity index (χ3v) is 6.12. The van der Waals surface area contributed by atoms with E-state index in [9.17, 15) is 5.11 Å². The number of hydrogen-bond donors (Lipinski definition) is 1. The van der Waals surface area contributed by atoms with E-state index >= 15 is 0 Å². The first kappa shape index (κ1) is 14.9. The summed E-state index contributed by atoms with van der Waals surface area (Å²) in [4.78, 5) is 0. The molecule has 0 unspecified atom stereocenters. The third kappa shape index (κ3) is 2.49. The lowest BCUT2D eigenvalue weighted by Crippen LogP contribution is -2.40. The van der Waals surface area contributed by atoms with E-state index in [-0.39, 0.29) is 0 Å². The molecule has 0 aliphatic heterocycles. The molecule has 0 heterocycles. The Balaban J connectivity index is 1.75. The summed E-state index contributed by atoms with van der Waals surface area (Å²) < 4.78 is 5.87. The minimum absolute atomic E-state index is 0.333. The predicted molar refractivity (Wildman–Crippen MR) is 93.8 cm³/mol. The smallest absolute Gasteiger partial charge is 0.125 e. The van der Waals surface area contributed by atoms with Crippen molar-refractivity contribution in [3.05, 3.63) is 41.0 Å². The molecule has 4 aliphatic carbocycles. The van der Waals surface area contributed by atoms with Crippen molar-refractivity contribution < 1.29 is 9.84 Å². The Morgan fingerprint density at radius 1 is 1.09 bits per heavy atom. The first-order valence-corrected chi connectivity index (χ1v) is 8.93. The Labute approximate surface area is 138 Å². The van der Waals surface area contributed by atoms with Crippen LogP contribution in [0.3, 0.4) is 0 Å². The molecule has 1 aromatic carbocycles. The number of ether oxygens (including phenoxy) is 1. The monoisotopic (exact) mass is 310 g/mol. The maximum absolute atomic E-state index is 10.3. The molecule has 0 saturated heterocycles. The third-order valence-electron chi connectivity index (χ3n) is 6.12. The van der Waals surface area contributed by atoms with Gasteiger partial charge in [-0.1, -0.05) is 24.3 Å². The van der Waals surface area contributed by atoms with Crippen LogP contribution < -0.4 is 0 Å². The fourth-order valence-electron chi connectivity index (χ4n) is 5.47. The molecule has 0 amide bonds. The second-order valence-corrected chi connectivity index (χ2v) is 7.57. The maximum atomic E-state index is 10.3. The van der Waals surface area contributed by atoms with Crippen molar-refractivity contribution >= 4 is 11.8 Å². The highest BCUT2D eigenvalue weighted by Gasteiger charge is 2.46. The number of phenols is 1. The summed E-state index contributed by atoms with van der Waals surface area (Å²) in [7, 11) is 1.78. The second kappa shape index (κ2) is 5.74. The fraction of sp³-hybridized carbons (Fsp3) is 0.524. The van der Waals surface area contributed by atoms with Crippen LogP contribution in [0.4, 0.5) is 0 Å². The molecule has 122 valence electrons. The van der Waals surface area contributed by atoms with E-state index in [4.69, 9.17) is 4.74 Å². The molecule has 4 aliphatic rings. The summed E-state index contributed by atoms with van der Waals surface area (Å²) in [6, 6.07) is 5.94. The molecule has 0 radical (unpaired) electrons. The molecule has 1 aromatic rings. The number of aromatic hydroxyl groups is 1. The van der Waals surface area contributed by atoms with Crippen LogP contribution >= 0.6 is 0 Å². The van der Waals surface area contributed by atoms with Crippen molar-refractivity contribution in [1.82, 2.24) is 0 Å². The van der Waals surface area contributed by atoms with Gasteiger partial charge >= 0.3 is 0 Å². The summed E-state index contributed by atoms with van der Waals surface area (Å²) in [5.41, 5.74) is 3.43. The quantitative estimate of drug-likeness (QED) is 0.774. The lowest BCUT2D eigenvalue weighted by molar-refractivity contribution is 0.0675. The number of benzene rings is 1. The highest BCUT2D eigenvalue weighted by Crippen LogP contribution is 2.58. The van der Waals surface area contributed by atoms with Crippen LogP contribution in [0.2, 0.25) is 0 Å². The SMILES string of the molecule is C/C=C/c1ccc(C(OC)=C2C3CC4CC(C3)CC2C4)cc1O. The van der Waals surface area contributed by atoms with E-state index in [2.05, 4.69) is 6.07 Å². The zero-order chi connectivity index (χ0) is 16.0. The lowest BCUT2D eigenvalue weighted by Gasteiger charge is -2.51. The zero-order valence-corrected chi connectivity index (χ0v) is 14.1. The van der Waals surface area contributed by atoms with Gasteiger partial charge in [-0.25, -0.2) is 0 Å². The van der Waals surface area contributed by atoms with Crippen LogP contribution in [0.1, 0.15) is 50.2 Å². The zero-order valence-electron chi connectivity index (χ0n) is 14.1. The molecular weight excluding hydrogens is 284 g/mol. The van der Waals surface area contributed by atoms with Crippen LogP contribution in [-0.2, 0) is 4.74 Å². The van der Waals surface area contributed by atoms with Gasteiger partial charge in [0.05, 0.1) is 7.11 Å². The molecule has 4 fully saturated rings. The summed E-state index contributed by atoms with van der Waals surface area (Å²) in [5, 5.41) is 10.3. The highest BCUT2D eigenvalue weighted by molar-refractivity contribution is 5.69. The number of allylic oxidation sites excluding steroid dienone is 2. The van der Waals surface area contributed by atoms with E-state index in [1.54, 1.807) is 7.11 Å². The number of phenolic OH excluding ortho intramolecular Hbond substituents is 1. The minimum Gasteiger partial charge on any atom is -0.507 e. The van der Waals surface area contributed by atoms with Gasteiger partial charge in [0.1, 0.15) is 11.5 Å². The van der Waals surface area contributed by atoms with Crippen LogP contribution in [0, 0.1) is 23.7 Å². The van der Waals surface area contributed by atoms with Crippen molar-refractivity contribution in [1.29, 1.82) is 0 Å². The molecule has 0 atom stereocenters. The van der Waals surface area contributed by atoms with Crippen molar-refractivity contribution in [3.63, 3.8) is 0 Å². The first-order valence-electron chi connectivity index (χ1n) is 8.93. The van der Waals surface area contributed by atoms with Gasteiger partial charge in [0.15, 0.2) is 0 Å². The normalized spacial score (nSPS) is 31.8. The maximum Gasteiger partial charge on any atom is 0.125 e. The predicted octanol–water partition coefficient (Wildman–Crippen LogP) is 5.24. The first-order chi connectivity index (χ1) is 11.2. The van der Waals surface area contributed by atoms with Gasteiger partial charge in [0.25, 0.3) is 0 Å². The highest BCUT2D eigenvalue weighted by atomic mass is 16.5. The van der Waals surface area contributed by atoms with Gasteiger partial charge < -0.3 is 9.84 Å². The summed E-state index contributed by atoms with van der Waals surface area (Å²) in [6.07, 6.45) is 10.7. The van der Waals surface area contributed by atoms with Crippen molar-refractivity contribution in [3.8, 4) is 5.75 Å². The molecule has 4 bridgehead atoms. The van der Waals surface area contributed by atoms with Crippen molar-refractivity contribution in [2.24, 2.45) is 23.7 Å². The molecule has 1 N–H and O–H groups in total. The van der Waals surface area contributed by atoms with Crippen LogP contribution in [0.15, 0.2) is 29.8 Å². The Morgan fingerprint density at radius 3 is 2.26 bits per heavy atom. The summed E-state index contributed by atoms with van der Waals surface area (Å²) in [5.74, 6) is 4.67. The fourth-order valence-corrected chi connectivity index (χ4v) is 5.47. The molecule has 2 nitrogen and oxygen atoms in total. The molecule has 2 heteroatoms. The Hall–Kier alpha value is -1.70. The van der Waals surface area contributed by atoms with Gasteiger partial charge in [0, 0.05) is 11.1 Å². The Bertz CT molecular complexity index is 638. The molecular formula is C21H26O2. The van der Waals surface area contributed by atoms with E-state index in [1.165, 1.54) is 37.7 Å². The number of methoxy groups -OCH3 is 1. The van der Waals surface area contributed by atoms with E-state index in [0.717, 1.165) is 28.7 Å². The largest absolute Gasteiger partial charge is 0.507 e. The van der Waals surface area contributed by atoms with Gasteiger partial charge in [0.2, 0.25) is 0 Å². The van der Waals surface area contributed by atoms with E-state index in [1.807, 2.05) is 31.2 Å². The van der Waals surface area contributed by atoms with E-state index < -0.39 is 0 Å². The molecule has 23 heavy (non-hydrogen) atoms. The second-order valence-electron chi connectivity index (χ2n) is 7.57. The molecule has 0 aromatic heterocycles.